The molecule has 1 saturated heterocycles. The largest absolute Gasteiger partial charge is 0.503 e. The number of ether oxygens (including phenoxy) is 1. The van der Waals surface area contributed by atoms with Crippen LogP contribution in [-0.2, 0) is 4.79 Å². The van der Waals surface area contributed by atoms with Crippen molar-refractivity contribution in [2.75, 3.05) is 7.11 Å². The zero-order valence-electron chi connectivity index (χ0n) is 14.1. The summed E-state index contributed by atoms with van der Waals surface area (Å²) in [5, 5.41) is 23.6. The van der Waals surface area contributed by atoms with Gasteiger partial charge in [-0.2, -0.15) is 0 Å². The number of amides is 1. The number of aliphatic imine (C=N–C) groups is 1. The number of phenolic OH excluding ortho intramolecular Hbond substituents is 1. The number of phenols is 1. The summed E-state index contributed by atoms with van der Waals surface area (Å²) < 4.78 is 5.52. The first-order valence-electron chi connectivity index (χ1n) is 7.58. The summed E-state index contributed by atoms with van der Waals surface area (Å²) in [6.45, 7) is 0. The lowest BCUT2D eigenvalue weighted by molar-refractivity contribution is -0.384. The van der Waals surface area contributed by atoms with Crippen LogP contribution < -0.4 is 10.1 Å². The fraction of sp³-hybridized carbons (Fsp3) is 0.0588. The summed E-state index contributed by atoms with van der Waals surface area (Å²) in [6, 6.07) is 7.11. The van der Waals surface area contributed by atoms with Crippen molar-refractivity contribution in [1.29, 1.82) is 0 Å². The highest BCUT2D eigenvalue weighted by Crippen LogP contribution is 2.37. The first kappa shape index (κ1) is 20.2. The van der Waals surface area contributed by atoms with E-state index in [1.165, 1.54) is 25.3 Å². The number of nitro groups is 1. The van der Waals surface area contributed by atoms with Crippen LogP contribution in [0.5, 0.6) is 11.5 Å². The average Bonchev–Trinajstić information content (AvgIpc) is 2.98. The van der Waals surface area contributed by atoms with Crippen molar-refractivity contribution in [2.45, 2.75) is 0 Å². The van der Waals surface area contributed by atoms with E-state index in [-0.39, 0.29) is 33.3 Å². The van der Waals surface area contributed by atoms with Gasteiger partial charge in [-0.1, -0.05) is 11.6 Å². The number of nitrogens with zero attached hydrogens (tertiary/aromatic N) is 2. The highest BCUT2D eigenvalue weighted by molar-refractivity contribution is 9.10. The topological polar surface area (TPSA) is 114 Å². The lowest BCUT2D eigenvalue weighted by atomic mass is 10.2. The van der Waals surface area contributed by atoms with E-state index in [1.54, 1.807) is 18.2 Å². The summed E-state index contributed by atoms with van der Waals surface area (Å²) in [6.07, 6.45) is 1.62. The molecule has 0 radical (unpaired) electrons. The number of thioether (sulfide) groups is 1. The molecule has 0 bridgehead atoms. The number of hydrogen-bond acceptors (Lipinski definition) is 7. The quantitative estimate of drug-likeness (QED) is 0.372. The summed E-state index contributed by atoms with van der Waals surface area (Å²) in [5.41, 5.74) is 0.781. The molecule has 1 heterocycles. The van der Waals surface area contributed by atoms with Crippen LogP contribution >= 0.6 is 39.3 Å². The Kier molecular flexibility index (Phi) is 5.92. The van der Waals surface area contributed by atoms with Gasteiger partial charge in [-0.05, 0) is 57.5 Å². The number of nitrogens with one attached hydrogen (secondary N) is 1. The van der Waals surface area contributed by atoms with E-state index < -0.39 is 4.92 Å². The number of halogens is 2. The van der Waals surface area contributed by atoms with Crippen LogP contribution in [0.15, 0.2) is 44.7 Å². The molecule has 28 heavy (non-hydrogen) atoms. The maximum Gasteiger partial charge on any atom is 0.271 e. The molecule has 1 fully saturated rings. The highest BCUT2D eigenvalue weighted by atomic mass is 79.9. The van der Waals surface area contributed by atoms with Gasteiger partial charge in [0, 0.05) is 12.1 Å². The van der Waals surface area contributed by atoms with Crippen molar-refractivity contribution >= 4 is 67.8 Å². The van der Waals surface area contributed by atoms with Gasteiger partial charge in [0.15, 0.2) is 16.7 Å². The van der Waals surface area contributed by atoms with E-state index in [0.717, 1.165) is 11.8 Å². The van der Waals surface area contributed by atoms with Gasteiger partial charge in [-0.15, -0.1) is 0 Å². The molecule has 1 aliphatic rings. The Hall–Kier alpha value is -2.56. The minimum atomic E-state index is -0.556. The smallest absolute Gasteiger partial charge is 0.271 e. The second kappa shape index (κ2) is 8.21. The molecule has 0 spiro atoms. The minimum absolute atomic E-state index is 0.0387. The molecule has 0 aromatic heterocycles. The van der Waals surface area contributed by atoms with Crippen LogP contribution in [0.4, 0.5) is 11.4 Å². The molecule has 0 unspecified atom stereocenters. The molecule has 0 atom stereocenters. The van der Waals surface area contributed by atoms with Crippen molar-refractivity contribution in [2.24, 2.45) is 4.99 Å². The molecule has 1 aliphatic heterocycles. The third kappa shape index (κ3) is 4.29. The molecule has 2 N–H and O–H groups in total. The summed E-state index contributed by atoms with van der Waals surface area (Å²) in [7, 11) is 1.42. The first-order chi connectivity index (χ1) is 13.3. The Balaban J connectivity index is 1.88. The molecular formula is C17H11BrClN3O5S. The van der Waals surface area contributed by atoms with Crippen molar-refractivity contribution < 1.29 is 19.6 Å². The van der Waals surface area contributed by atoms with Crippen molar-refractivity contribution in [1.82, 2.24) is 5.32 Å². The van der Waals surface area contributed by atoms with E-state index in [9.17, 15) is 20.0 Å². The third-order valence-electron chi connectivity index (χ3n) is 3.58. The molecular weight excluding hydrogens is 474 g/mol. The minimum Gasteiger partial charge on any atom is -0.503 e. The summed E-state index contributed by atoms with van der Waals surface area (Å²) in [5.74, 6) is -0.135. The Morgan fingerprint density at radius 3 is 2.79 bits per heavy atom. The lowest BCUT2D eigenvalue weighted by Gasteiger charge is -2.06. The predicted molar refractivity (Wildman–Crippen MR) is 111 cm³/mol. The summed E-state index contributed by atoms with van der Waals surface area (Å²) in [4.78, 5) is 27.1. The molecule has 2 aromatic rings. The molecule has 0 aliphatic carbocycles. The number of carbonyl (C=O) groups excluding carboxylic acids is 1. The van der Waals surface area contributed by atoms with E-state index in [0.29, 0.717) is 20.6 Å². The molecule has 1 amide bonds. The average molecular weight is 485 g/mol. The van der Waals surface area contributed by atoms with E-state index in [4.69, 9.17) is 16.3 Å². The molecule has 11 heteroatoms. The van der Waals surface area contributed by atoms with Crippen LogP contribution in [0.25, 0.3) is 6.08 Å². The van der Waals surface area contributed by atoms with Gasteiger partial charge >= 0.3 is 0 Å². The van der Waals surface area contributed by atoms with Gasteiger partial charge in [0.25, 0.3) is 11.6 Å². The van der Waals surface area contributed by atoms with Gasteiger partial charge in [-0.3, -0.25) is 14.9 Å². The Labute approximate surface area is 176 Å². The van der Waals surface area contributed by atoms with Gasteiger partial charge in [0.05, 0.1) is 32.1 Å². The predicted octanol–water partition coefficient (Wildman–Crippen LogP) is 4.62. The van der Waals surface area contributed by atoms with Crippen LogP contribution in [0.3, 0.4) is 0 Å². The molecule has 0 saturated carbocycles. The molecule has 8 nitrogen and oxygen atoms in total. The second-order valence-corrected chi connectivity index (χ2v) is 7.72. The standard InChI is InChI=1S/C17H11BrClN3O5S/c1-27-13-5-8(4-10(18)15(13)23)6-14-16(24)21-17(28-14)20-12-3-2-9(22(25)26)7-11(12)19/h2-7,23H,1H3,(H,20,21,24)/b14-6+. The number of nitro benzene ring substituents is 1. The van der Waals surface area contributed by atoms with Crippen LogP contribution in [0.2, 0.25) is 5.02 Å². The number of non-ortho nitro benzene ring substituents is 1. The van der Waals surface area contributed by atoms with Gasteiger partial charge in [0.1, 0.15) is 0 Å². The first-order valence-corrected chi connectivity index (χ1v) is 9.57. The Morgan fingerprint density at radius 1 is 1.39 bits per heavy atom. The van der Waals surface area contributed by atoms with Gasteiger partial charge in [-0.25, -0.2) is 4.99 Å². The zero-order valence-corrected chi connectivity index (χ0v) is 17.3. The van der Waals surface area contributed by atoms with E-state index in [2.05, 4.69) is 26.2 Å². The number of benzene rings is 2. The molecule has 144 valence electrons. The van der Waals surface area contributed by atoms with Crippen LogP contribution in [0, 0.1) is 10.1 Å². The summed E-state index contributed by atoms with van der Waals surface area (Å²) >= 11 is 10.3. The van der Waals surface area contributed by atoms with Crippen molar-refractivity contribution in [3.05, 3.63) is 60.4 Å². The SMILES string of the molecule is COc1cc(/C=C2/SC(=Nc3ccc([N+](=O)[O-])cc3Cl)NC2=O)cc(Br)c1O. The number of aromatic hydroxyl groups is 1. The fourth-order valence-corrected chi connectivity index (χ4v) is 3.79. The maximum atomic E-state index is 12.2. The van der Waals surface area contributed by atoms with Gasteiger partial charge in [0.2, 0.25) is 0 Å². The second-order valence-electron chi connectivity index (χ2n) is 5.43. The normalized spacial score (nSPS) is 16.5. The maximum absolute atomic E-state index is 12.2. The number of rotatable bonds is 4. The number of carbonyl (C=O) groups is 1. The third-order valence-corrected chi connectivity index (χ3v) is 5.40. The number of methoxy groups -OCH3 is 1. The number of amidine groups is 1. The van der Waals surface area contributed by atoms with E-state index in [1.807, 2.05) is 0 Å². The van der Waals surface area contributed by atoms with Crippen LogP contribution in [-0.4, -0.2) is 28.2 Å². The van der Waals surface area contributed by atoms with Crippen molar-refractivity contribution in [3.63, 3.8) is 0 Å². The lowest BCUT2D eigenvalue weighted by Crippen LogP contribution is -2.19. The van der Waals surface area contributed by atoms with Crippen molar-refractivity contribution in [3.8, 4) is 11.5 Å². The molecule has 3 rings (SSSR count). The van der Waals surface area contributed by atoms with E-state index >= 15 is 0 Å². The molecule has 2 aromatic carbocycles. The van der Waals surface area contributed by atoms with Gasteiger partial charge < -0.3 is 15.2 Å². The number of hydrogen-bond donors (Lipinski definition) is 2. The Bertz CT molecular complexity index is 1060. The van der Waals surface area contributed by atoms with Crippen LogP contribution in [0.1, 0.15) is 5.56 Å². The monoisotopic (exact) mass is 483 g/mol. The fourth-order valence-electron chi connectivity index (χ4n) is 2.27. The Morgan fingerprint density at radius 2 is 2.14 bits per heavy atom. The highest BCUT2D eigenvalue weighted by Gasteiger charge is 2.24. The zero-order chi connectivity index (χ0) is 20.4.